The first kappa shape index (κ1) is 12.6. The molecule has 15 heavy (non-hydrogen) atoms. The van der Waals surface area contributed by atoms with Crippen LogP contribution in [0.3, 0.4) is 0 Å². The van der Waals surface area contributed by atoms with Crippen molar-refractivity contribution in [2.45, 2.75) is 19.8 Å². The Morgan fingerprint density at radius 3 is 3.13 bits per heavy atom. The summed E-state index contributed by atoms with van der Waals surface area (Å²) in [5.74, 6) is 0.526. The van der Waals surface area contributed by atoms with Crippen LogP contribution in [0.1, 0.15) is 30.3 Å². The lowest BCUT2D eigenvalue weighted by Gasteiger charge is -2.07. The fraction of sp³-hybridized carbons (Fsp3) is 0.667. The summed E-state index contributed by atoms with van der Waals surface area (Å²) in [6.07, 6.45) is 2.11. The molecule has 1 atom stereocenters. The van der Waals surface area contributed by atoms with Gasteiger partial charge in [0.15, 0.2) is 5.69 Å². The molecular formula is C9H14BrN3OS. The van der Waals surface area contributed by atoms with Gasteiger partial charge in [-0.05, 0) is 30.3 Å². The molecule has 1 unspecified atom stereocenters. The van der Waals surface area contributed by atoms with E-state index in [1.54, 1.807) is 5.38 Å². The van der Waals surface area contributed by atoms with E-state index in [2.05, 4.69) is 37.8 Å². The van der Waals surface area contributed by atoms with Gasteiger partial charge in [-0.2, -0.15) is 0 Å². The molecule has 1 N–H and O–H groups in total. The second-order valence-corrected chi connectivity index (χ2v) is 4.71. The van der Waals surface area contributed by atoms with Gasteiger partial charge in [0.05, 0.1) is 0 Å². The zero-order chi connectivity index (χ0) is 11.1. The maximum atomic E-state index is 11.4. The molecule has 0 saturated heterocycles. The number of hydrogen-bond donors (Lipinski definition) is 1. The highest BCUT2D eigenvalue weighted by Crippen LogP contribution is 2.07. The summed E-state index contributed by atoms with van der Waals surface area (Å²) < 4.78 is 3.64. The summed E-state index contributed by atoms with van der Waals surface area (Å²) in [5.41, 5.74) is 0.411. The van der Waals surface area contributed by atoms with Crippen LogP contribution < -0.4 is 5.32 Å². The van der Waals surface area contributed by atoms with Crippen molar-refractivity contribution in [3.8, 4) is 0 Å². The van der Waals surface area contributed by atoms with Gasteiger partial charge in [-0.15, -0.1) is 5.10 Å². The van der Waals surface area contributed by atoms with Crippen molar-refractivity contribution in [3.63, 3.8) is 0 Å². The van der Waals surface area contributed by atoms with Gasteiger partial charge in [0.1, 0.15) is 0 Å². The van der Waals surface area contributed by atoms with Gasteiger partial charge in [0.2, 0.25) is 0 Å². The molecule has 1 heterocycles. The number of rotatable bonds is 6. The summed E-state index contributed by atoms with van der Waals surface area (Å²) in [6.45, 7) is 2.88. The minimum absolute atomic E-state index is 0.129. The van der Waals surface area contributed by atoms with Crippen LogP contribution in [-0.4, -0.2) is 27.4 Å². The number of aromatic nitrogens is 2. The summed E-state index contributed by atoms with van der Waals surface area (Å²) in [5, 5.41) is 9.17. The third-order valence-corrected chi connectivity index (χ3v) is 3.63. The number of nitrogens with zero attached hydrogens (tertiary/aromatic N) is 2. The number of carbonyl (C=O) groups is 1. The Morgan fingerprint density at radius 2 is 2.53 bits per heavy atom. The predicted molar refractivity (Wildman–Crippen MR) is 64.4 cm³/mol. The highest BCUT2D eigenvalue weighted by molar-refractivity contribution is 9.09. The maximum absolute atomic E-state index is 11.4. The van der Waals surface area contributed by atoms with E-state index in [-0.39, 0.29) is 5.91 Å². The van der Waals surface area contributed by atoms with Crippen molar-refractivity contribution >= 4 is 33.4 Å². The van der Waals surface area contributed by atoms with E-state index < -0.39 is 0 Å². The smallest absolute Gasteiger partial charge is 0.272 e. The van der Waals surface area contributed by atoms with Crippen LogP contribution in [0.15, 0.2) is 5.38 Å². The SMILES string of the molecule is CC(CBr)CCCNC(=O)c1csnn1. The van der Waals surface area contributed by atoms with Gasteiger partial charge in [0.25, 0.3) is 5.91 Å². The van der Waals surface area contributed by atoms with Crippen LogP contribution >= 0.6 is 27.5 Å². The first-order valence-electron chi connectivity index (χ1n) is 4.85. The predicted octanol–water partition coefficient (Wildman–Crippen LogP) is 2.08. The second kappa shape index (κ2) is 6.90. The van der Waals surface area contributed by atoms with Gasteiger partial charge < -0.3 is 5.32 Å². The van der Waals surface area contributed by atoms with Gasteiger partial charge in [0, 0.05) is 17.3 Å². The van der Waals surface area contributed by atoms with E-state index in [0.29, 0.717) is 18.2 Å². The first-order chi connectivity index (χ1) is 7.24. The van der Waals surface area contributed by atoms with Crippen molar-refractivity contribution < 1.29 is 4.79 Å². The van der Waals surface area contributed by atoms with Crippen molar-refractivity contribution in [2.24, 2.45) is 5.92 Å². The van der Waals surface area contributed by atoms with Crippen LogP contribution in [0.4, 0.5) is 0 Å². The summed E-state index contributed by atoms with van der Waals surface area (Å²) in [7, 11) is 0. The summed E-state index contributed by atoms with van der Waals surface area (Å²) in [6, 6.07) is 0. The highest BCUT2D eigenvalue weighted by Gasteiger charge is 2.07. The largest absolute Gasteiger partial charge is 0.351 e. The summed E-state index contributed by atoms with van der Waals surface area (Å²) >= 11 is 4.61. The zero-order valence-corrected chi connectivity index (χ0v) is 11.0. The zero-order valence-electron chi connectivity index (χ0n) is 8.57. The fourth-order valence-electron chi connectivity index (χ4n) is 1.08. The molecule has 0 aliphatic heterocycles. The molecule has 1 amide bonds. The van der Waals surface area contributed by atoms with E-state index in [1.807, 2.05) is 0 Å². The fourth-order valence-corrected chi connectivity index (χ4v) is 1.84. The molecule has 0 bridgehead atoms. The Morgan fingerprint density at radius 1 is 1.73 bits per heavy atom. The molecule has 6 heteroatoms. The lowest BCUT2D eigenvalue weighted by molar-refractivity contribution is 0.0947. The molecule has 0 aliphatic carbocycles. The number of halogens is 1. The van der Waals surface area contributed by atoms with Gasteiger partial charge in [-0.3, -0.25) is 4.79 Å². The second-order valence-electron chi connectivity index (χ2n) is 3.45. The molecule has 0 aromatic carbocycles. The number of hydrogen-bond acceptors (Lipinski definition) is 4. The Balaban J connectivity index is 2.13. The van der Waals surface area contributed by atoms with E-state index in [4.69, 9.17) is 0 Å². The Bertz CT molecular complexity index is 292. The van der Waals surface area contributed by atoms with Crippen LogP contribution in [0, 0.1) is 5.92 Å². The van der Waals surface area contributed by atoms with Crippen LogP contribution in [0.25, 0.3) is 0 Å². The average molecular weight is 292 g/mol. The number of nitrogens with one attached hydrogen (secondary N) is 1. The van der Waals surface area contributed by atoms with Crippen LogP contribution in [-0.2, 0) is 0 Å². The number of alkyl halides is 1. The lowest BCUT2D eigenvalue weighted by Crippen LogP contribution is -2.25. The summed E-state index contributed by atoms with van der Waals surface area (Å²) in [4.78, 5) is 11.4. The quantitative estimate of drug-likeness (QED) is 0.645. The molecule has 0 saturated carbocycles. The molecule has 1 rings (SSSR count). The Labute approximate surface area is 102 Å². The van der Waals surface area contributed by atoms with Crippen molar-refractivity contribution in [1.82, 2.24) is 14.9 Å². The monoisotopic (exact) mass is 291 g/mol. The topological polar surface area (TPSA) is 54.9 Å². The molecule has 1 aromatic heterocycles. The van der Waals surface area contributed by atoms with E-state index in [9.17, 15) is 4.79 Å². The van der Waals surface area contributed by atoms with E-state index in [0.717, 1.165) is 18.2 Å². The third kappa shape index (κ3) is 4.70. The average Bonchev–Trinajstić information content (AvgIpc) is 2.77. The molecule has 0 fully saturated rings. The van der Waals surface area contributed by atoms with E-state index >= 15 is 0 Å². The highest BCUT2D eigenvalue weighted by atomic mass is 79.9. The van der Waals surface area contributed by atoms with Crippen molar-refractivity contribution in [2.75, 3.05) is 11.9 Å². The normalized spacial score (nSPS) is 12.4. The number of amides is 1. The van der Waals surface area contributed by atoms with Gasteiger partial charge in [-0.1, -0.05) is 27.3 Å². The molecule has 84 valence electrons. The van der Waals surface area contributed by atoms with Crippen molar-refractivity contribution in [3.05, 3.63) is 11.1 Å². The molecule has 1 aromatic rings. The number of carbonyl (C=O) groups excluding carboxylic acids is 1. The molecule has 4 nitrogen and oxygen atoms in total. The van der Waals surface area contributed by atoms with Crippen LogP contribution in [0.5, 0.6) is 0 Å². The van der Waals surface area contributed by atoms with Crippen LogP contribution in [0.2, 0.25) is 0 Å². The lowest BCUT2D eigenvalue weighted by atomic mass is 10.1. The molecular weight excluding hydrogens is 278 g/mol. The maximum Gasteiger partial charge on any atom is 0.272 e. The Hall–Kier alpha value is -0.490. The Kier molecular flexibility index (Phi) is 5.78. The third-order valence-electron chi connectivity index (χ3n) is 2.02. The van der Waals surface area contributed by atoms with E-state index in [1.165, 1.54) is 11.5 Å². The van der Waals surface area contributed by atoms with Gasteiger partial charge >= 0.3 is 0 Å². The standard InChI is InChI=1S/C9H14BrN3OS/c1-7(5-10)3-2-4-11-9(14)8-6-15-13-12-8/h6-7H,2-5H2,1H3,(H,11,14). The first-order valence-corrected chi connectivity index (χ1v) is 6.81. The molecule has 0 radical (unpaired) electrons. The van der Waals surface area contributed by atoms with Gasteiger partial charge in [-0.25, -0.2) is 0 Å². The molecule has 0 spiro atoms. The minimum atomic E-state index is -0.129. The van der Waals surface area contributed by atoms with Crippen molar-refractivity contribution in [1.29, 1.82) is 0 Å². The minimum Gasteiger partial charge on any atom is -0.351 e. The molecule has 0 aliphatic rings.